The molecule has 1 unspecified atom stereocenters. The van der Waals surface area contributed by atoms with E-state index in [1.165, 1.54) is 17.7 Å². The Morgan fingerprint density at radius 1 is 0.976 bits per heavy atom. The second-order valence-corrected chi connectivity index (χ2v) is 11.3. The molecule has 0 bridgehead atoms. The Balaban J connectivity index is 1.14. The van der Waals surface area contributed by atoms with Crippen LogP contribution in [-0.4, -0.2) is 76.5 Å². The molecule has 6 rings (SSSR count). The summed E-state index contributed by atoms with van der Waals surface area (Å²) in [7, 11) is 0. The van der Waals surface area contributed by atoms with Gasteiger partial charge in [0.25, 0.3) is 0 Å². The van der Waals surface area contributed by atoms with Gasteiger partial charge in [0.15, 0.2) is 0 Å². The van der Waals surface area contributed by atoms with Gasteiger partial charge in [0.1, 0.15) is 17.6 Å². The number of likely N-dealkylation sites (tertiary alicyclic amines) is 1. The molecule has 1 spiro atoms. The zero-order valence-electron chi connectivity index (χ0n) is 23.0. The van der Waals surface area contributed by atoms with E-state index in [0.717, 1.165) is 49.5 Å². The van der Waals surface area contributed by atoms with Crippen LogP contribution in [0.15, 0.2) is 72.8 Å². The third-order valence-corrected chi connectivity index (χ3v) is 8.82. The summed E-state index contributed by atoms with van der Waals surface area (Å²) in [5.41, 5.74) is 3.31. The molecule has 0 radical (unpaired) electrons. The average Bonchev–Trinajstić information content (AvgIpc) is 3.43. The molecule has 0 saturated carbocycles. The van der Waals surface area contributed by atoms with Gasteiger partial charge in [0, 0.05) is 44.0 Å². The van der Waals surface area contributed by atoms with Gasteiger partial charge in [-0.1, -0.05) is 30.3 Å². The minimum Gasteiger partial charge on any atom is -0.478 e. The minimum absolute atomic E-state index is 0.0269. The Labute approximate surface area is 239 Å². The first-order chi connectivity index (χ1) is 19.8. The number of hydrogen-bond acceptors (Lipinski definition) is 6. The fourth-order valence-corrected chi connectivity index (χ4v) is 6.67. The van der Waals surface area contributed by atoms with E-state index in [-0.39, 0.29) is 17.3 Å². The number of amides is 1. The lowest BCUT2D eigenvalue weighted by molar-refractivity contribution is -0.134. The van der Waals surface area contributed by atoms with Crippen molar-refractivity contribution in [1.82, 2.24) is 9.80 Å². The van der Waals surface area contributed by atoms with Crippen LogP contribution in [0.2, 0.25) is 0 Å². The molecule has 9 heteroatoms. The average molecular weight is 559 g/mol. The van der Waals surface area contributed by atoms with Gasteiger partial charge in [-0.3, -0.25) is 4.79 Å². The largest absolute Gasteiger partial charge is 0.478 e. The number of rotatable bonds is 8. The molecule has 214 valence electrons. The molecule has 1 atom stereocenters. The highest BCUT2D eigenvalue weighted by molar-refractivity contribution is 5.93. The van der Waals surface area contributed by atoms with Crippen molar-refractivity contribution in [3.63, 3.8) is 0 Å². The molecule has 0 aromatic heterocycles. The first-order valence-corrected chi connectivity index (χ1v) is 14.2. The summed E-state index contributed by atoms with van der Waals surface area (Å²) in [6, 6.07) is 21.1. The summed E-state index contributed by atoms with van der Waals surface area (Å²) in [5, 5.41) is 20.0. The number of carboxylic acids is 1. The van der Waals surface area contributed by atoms with Crippen LogP contribution >= 0.6 is 0 Å². The fraction of sp³-hybridized carbons (Fsp3) is 0.375. The predicted octanol–water partition coefficient (Wildman–Crippen LogP) is 3.94. The minimum atomic E-state index is -1.00. The van der Waals surface area contributed by atoms with Gasteiger partial charge in [-0.05, 0) is 79.4 Å². The van der Waals surface area contributed by atoms with Crippen molar-refractivity contribution in [3.05, 3.63) is 95.3 Å². The Morgan fingerprint density at radius 3 is 2.49 bits per heavy atom. The van der Waals surface area contributed by atoms with Gasteiger partial charge in [-0.15, -0.1) is 0 Å². The molecule has 1 amide bonds. The summed E-state index contributed by atoms with van der Waals surface area (Å²) in [6.07, 6.45) is 2.36. The Morgan fingerprint density at radius 2 is 1.73 bits per heavy atom. The van der Waals surface area contributed by atoms with E-state index < -0.39 is 17.7 Å². The molecule has 8 nitrogen and oxygen atoms in total. The van der Waals surface area contributed by atoms with Crippen LogP contribution < -0.4 is 9.80 Å². The summed E-state index contributed by atoms with van der Waals surface area (Å²) in [5.74, 6) is -1.30. The van der Waals surface area contributed by atoms with E-state index in [4.69, 9.17) is 0 Å². The van der Waals surface area contributed by atoms with Gasteiger partial charge >= 0.3 is 5.97 Å². The lowest BCUT2D eigenvalue weighted by atomic mass is 9.85. The molecule has 2 N–H and O–H groups in total. The molecule has 41 heavy (non-hydrogen) atoms. The van der Waals surface area contributed by atoms with E-state index in [1.807, 2.05) is 18.2 Å². The first-order valence-electron chi connectivity index (χ1n) is 14.2. The third-order valence-electron chi connectivity index (χ3n) is 8.82. The number of carbonyl (C=O) groups is 2. The van der Waals surface area contributed by atoms with E-state index in [2.05, 4.69) is 26.8 Å². The number of carbonyl (C=O) groups excluding carboxylic acids is 1. The van der Waals surface area contributed by atoms with Crippen LogP contribution in [0, 0.1) is 5.82 Å². The van der Waals surface area contributed by atoms with Gasteiger partial charge in [0.2, 0.25) is 5.91 Å². The Kier molecular flexibility index (Phi) is 7.40. The number of aliphatic hydroxyl groups is 1. The number of piperidine rings is 1. The number of halogens is 1. The maximum absolute atomic E-state index is 14.0. The van der Waals surface area contributed by atoms with Crippen LogP contribution in [0.3, 0.4) is 0 Å². The van der Waals surface area contributed by atoms with Crippen LogP contribution in [0.1, 0.15) is 40.7 Å². The third kappa shape index (κ3) is 5.27. The number of aliphatic hydroxyl groups excluding tert-OH is 1. The maximum atomic E-state index is 14.0. The Bertz CT molecular complexity index is 1420. The molecule has 2 fully saturated rings. The molecular formula is C32H35FN4O4. The van der Waals surface area contributed by atoms with Crippen molar-refractivity contribution in [2.24, 2.45) is 0 Å². The number of carboxylic acid groups (broad SMARTS) is 1. The highest BCUT2D eigenvalue weighted by Gasteiger charge is 2.53. The van der Waals surface area contributed by atoms with Crippen LogP contribution in [0.25, 0.3) is 0 Å². The molecule has 3 aliphatic heterocycles. The molecule has 3 aromatic rings. The van der Waals surface area contributed by atoms with E-state index >= 15 is 0 Å². The quantitative estimate of drug-likeness (QED) is 0.433. The van der Waals surface area contributed by atoms with Gasteiger partial charge in [-0.2, -0.15) is 0 Å². The number of nitrogens with zero attached hydrogens (tertiary/aromatic N) is 4. The van der Waals surface area contributed by atoms with Crippen molar-refractivity contribution in [2.45, 2.75) is 44.0 Å². The van der Waals surface area contributed by atoms with Crippen molar-refractivity contribution in [3.8, 4) is 0 Å². The summed E-state index contributed by atoms with van der Waals surface area (Å²) < 4.78 is 13.8. The standard InChI is InChI=1S/C32H35FN4O4/c33-26-9-11-27(12-10-26)37-22-35(21-23-5-3-7-25(19-23)30(39)40)31(41)32(37)13-17-34(18-14-32)15-4-16-36-28-8-2-1-6-24(28)20-29(36)38/h1-3,5-12,19,29,38H,4,13-18,20-22H2,(H,39,40). The molecule has 2 saturated heterocycles. The number of fused-ring (bicyclic) bond motifs is 1. The van der Waals surface area contributed by atoms with Crippen molar-refractivity contribution < 1.29 is 24.2 Å². The summed E-state index contributed by atoms with van der Waals surface area (Å²) >= 11 is 0. The van der Waals surface area contributed by atoms with E-state index in [0.29, 0.717) is 32.5 Å². The van der Waals surface area contributed by atoms with E-state index in [9.17, 15) is 24.2 Å². The highest BCUT2D eigenvalue weighted by Crippen LogP contribution is 2.40. The zero-order valence-corrected chi connectivity index (χ0v) is 23.0. The topological polar surface area (TPSA) is 87.6 Å². The van der Waals surface area contributed by atoms with Crippen molar-refractivity contribution >= 4 is 23.3 Å². The molecule has 0 aliphatic carbocycles. The molecule has 3 aromatic carbocycles. The number of hydrogen-bond donors (Lipinski definition) is 2. The zero-order chi connectivity index (χ0) is 28.6. The highest BCUT2D eigenvalue weighted by atomic mass is 19.1. The smallest absolute Gasteiger partial charge is 0.335 e. The molecule has 3 heterocycles. The molecular weight excluding hydrogens is 523 g/mol. The van der Waals surface area contributed by atoms with Gasteiger partial charge in [-0.25, -0.2) is 9.18 Å². The lowest BCUT2D eigenvalue weighted by Gasteiger charge is -2.43. The second kappa shape index (κ2) is 11.1. The summed E-state index contributed by atoms with van der Waals surface area (Å²) in [6.45, 7) is 3.81. The fourth-order valence-electron chi connectivity index (χ4n) is 6.67. The molecule has 3 aliphatic rings. The van der Waals surface area contributed by atoms with Crippen molar-refractivity contribution in [2.75, 3.05) is 42.6 Å². The second-order valence-electron chi connectivity index (χ2n) is 11.3. The van der Waals surface area contributed by atoms with Crippen LogP contribution in [-0.2, 0) is 17.8 Å². The predicted molar refractivity (Wildman–Crippen MR) is 154 cm³/mol. The monoisotopic (exact) mass is 558 g/mol. The normalized spacial score (nSPS) is 20.2. The maximum Gasteiger partial charge on any atom is 0.335 e. The number of aromatic carboxylic acids is 1. The van der Waals surface area contributed by atoms with Gasteiger partial charge < -0.3 is 29.8 Å². The summed E-state index contributed by atoms with van der Waals surface area (Å²) in [4.78, 5) is 33.9. The van der Waals surface area contributed by atoms with Crippen LogP contribution in [0.5, 0.6) is 0 Å². The SMILES string of the molecule is O=C(O)c1cccc(CN2CN(c3ccc(F)cc3)C3(CCN(CCCN4c5ccccc5CC4O)CC3)C2=O)c1. The first kappa shape index (κ1) is 27.2. The number of anilines is 2. The number of benzene rings is 3. The van der Waals surface area contributed by atoms with Crippen molar-refractivity contribution in [1.29, 1.82) is 0 Å². The number of para-hydroxylation sites is 1. The van der Waals surface area contributed by atoms with Gasteiger partial charge in [0.05, 0.1) is 12.2 Å². The lowest BCUT2D eigenvalue weighted by Crippen LogP contribution is -2.56. The Hall–Kier alpha value is -3.95. The van der Waals surface area contributed by atoms with E-state index in [1.54, 1.807) is 35.2 Å². The van der Waals surface area contributed by atoms with Crippen LogP contribution in [0.4, 0.5) is 15.8 Å².